The fourth-order valence-corrected chi connectivity index (χ4v) is 7.45. The summed E-state index contributed by atoms with van der Waals surface area (Å²) in [5.74, 6) is 0. The molecule has 2 aliphatic heterocycles. The molecule has 4 heteroatoms. The van der Waals surface area contributed by atoms with E-state index in [9.17, 15) is 0 Å². The molecule has 0 radical (unpaired) electrons. The molecular weight excluding hydrogens is 512 g/mol. The smallest absolute Gasteiger partial charge is 0.0927 e. The van der Waals surface area contributed by atoms with Crippen molar-refractivity contribution in [1.82, 2.24) is 9.13 Å². The monoisotopic (exact) mass is 542 g/mol. The second kappa shape index (κ2) is 8.64. The maximum absolute atomic E-state index is 3.89. The predicted octanol–water partition coefficient (Wildman–Crippen LogP) is 9.22. The van der Waals surface area contributed by atoms with Crippen LogP contribution < -0.4 is 10.6 Å². The summed E-state index contributed by atoms with van der Waals surface area (Å²) in [6.07, 6.45) is 0. The first-order valence-electron chi connectivity index (χ1n) is 14.7. The molecule has 7 aromatic rings. The summed E-state index contributed by atoms with van der Waals surface area (Å²) in [5, 5.41) is 10.4. The van der Waals surface area contributed by atoms with E-state index in [-0.39, 0.29) is 12.1 Å². The standard InChI is InChI=1S/C38H30N4/c1-23-27-11-3-7-15-31(27)41-33-17-9-5-13-29(33)39-35(37(23)41)25-19-21-26(22-20-25)36-38-24(2)28-12-4-8-16-32(28)42(38)34-18-10-6-14-30(34)40-36/h3-22,35-36,39-40H,1-2H3. The van der Waals surface area contributed by atoms with Gasteiger partial charge in [-0.25, -0.2) is 0 Å². The van der Waals surface area contributed by atoms with Gasteiger partial charge in [0.15, 0.2) is 0 Å². The number of nitrogens with zero attached hydrogens (tertiary/aromatic N) is 2. The number of aromatic nitrogens is 2. The van der Waals surface area contributed by atoms with Crippen LogP contribution in [0.25, 0.3) is 33.2 Å². The molecule has 2 atom stereocenters. The van der Waals surface area contributed by atoms with Crippen molar-refractivity contribution in [3.8, 4) is 11.4 Å². The average Bonchev–Trinajstić information content (AvgIpc) is 3.52. The van der Waals surface area contributed by atoms with Gasteiger partial charge in [-0.3, -0.25) is 0 Å². The van der Waals surface area contributed by atoms with Gasteiger partial charge >= 0.3 is 0 Å². The van der Waals surface area contributed by atoms with Crippen molar-refractivity contribution in [2.24, 2.45) is 0 Å². The van der Waals surface area contributed by atoms with Crippen molar-refractivity contribution < 1.29 is 0 Å². The van der Waals surface area contributed by atoms with Crippen LogP contribution in [0.1, 0.15) is 45.7 Å². The molecule has 0 amide bonds. The Morgan fingerprint density at radius 2 is 0.833 bits per heavy atom. The van der Waals surface area contributed by atoms with E-state index in [2.05, 4.69) is 155 Å². The van der Waals surface area contributed by atoms with Gasteiger partial charge in [0.1, 0.15) is 0 Å². The third kappa shape index (κ3) is 3.12. The van der Waals surface area contributed by atoms with Crippen LogP contribution in [0.4, 0.5) is 11.4 Å². The first-order valence-corrected chi connectivity index (χ1v) is 14.7. The minimum atomic E-state index is 0.0505. The Hall–Kier alpha value is -5.22. The molecule has 4 heterocycles. The van der Waals surface area contributed by atoms with Gasteiger partial charge in [-0.15, -0.1) is 0 Å². The number of para-hydroxylation sites is 6. The molecule has 2 unspecified atom stereocenters. The molecule has 4 nitrogen and oxygen atoms in total. The number of nitrogens with one attached hydrogen (secondary N) is 2. The Labute approximate surface area is 244 Å². The van der Waals surface area contributed by atoms with Gasteiger partial charge in [-0.2, -0.15) is 0 Å². The molecule has 0 aliphatic carbocycles. The number of benzene rings is 5. The van der Waals surface area contributed by atoms with E-state index >= 15 is 0 Å². The molecule has 5 aromatic carbocycles. The highest BCUT2D eigenvalue weighted by Gasteiger charge is 2.32. The average molecular weight is 543 g/mol. The normalized spacial score (nSPS) is 16.7. The van der Waals surface area contributed by atoms with Crippen LogP contribution >= 0.6 is 0 Å². The van der Waals surface area contributed by atoms with Gasteiger partial charge in [0, 0.05) is 10.8 Å². The molecule has 2 aliphatic rings. The lowest BCUT2D eigenvalue weighted by molar-refractivity contribution is 0.800. The molecule has 202 valence electrons. The van der Waals surface area contributed by atoms with Crippen molar-refractivity contribution in [2.45, 2.75) is 25.9 Å². The highest BCUT2D eigenvalue weighted by atomic mass is 15.1. The van der Waals surface area contributed by atoms with Crippen LogP contribution in [0.15, 0.2) is 121 Å². The minimum absolute atomic E-state index is 0.0505. The lowest BCUT2D eigenvalue weighted by Crippen LogP contribution is -2.24. The van der Waals surface area contributed by atoms with Crippen molar-refractivity contribution in [3.63, 3.8) is 0 Å². The van der Waals surface area contributed by atoms with Gasteiger partial charge in [-0.1, -0.05) is 84.9 Å². The molecular formula is C38H30N4. The van der Waals surface area contributed by atoms with Crippen LogP contribution in [0.3, 0.4) is 0 Å². The van der Waals surface area contributed by atoms with Gasteiger partial charge in [0.2, 0.25) is 0 Å². The summed E-state index contributed by atoms with van der Waals surface area (Å²) in [4.78, 5) is 0. The Bertz CT molecular complexity index is 2020. The van der Waals surface area contributed by atoms with E-state index < -0.39 is 0 Å². The molecule has 0 spiro atoms. The maximum Gasteiger partial charge on any atom is 0.0927 e. The first kappa shape index (κ1) is 23.5. The van der Waals surface area contributed by atoms with E-state index in [1.165, 1.54) is 66.8 Å². The summed E-state index contributed by atoms with van der Waals surface area (Å²) in [7, 11) is 0. The minimum Gasteiger partial charge on any atom is -0.371 e. The Morgan fingerprint density at radius 1 is 0.452 bits per heavy atom. The summed E-state index contributed by atoms with van der Waals surface area (Å²) < 4.78 is 4.91. The molecule has 0 saturated heterocycles. The summed E-state index contributed by atoms with van der Waals surface area (Å²) in [6.45, 7) is 4.52. The van der Waals surface area contributed by atoms with Crippen molar-refractivity contribution >= 4 is 33.2 Å². The van der Waals surface area contributed by atoms with Crippen LogP contribution in [0.5, 0.6) is 0 Å². The molecule has 0 saturated carbocycles. The number of rotatable bonds is 2. The van der Waals surface area contributed by atoms with E-state index in [1.807, 2.05) is 0 Å². The molecule has 42 heavy (non-hydrogen) atoms. The lowest BCUT2D eigenvalue weighted by Gasteiger charge is -2.32. The van der Waals surface area contributed by atoms with Crippen LogP contribution in [0.2, 0.25) is 0 Å². The number of anilines is 2. The number of hydrogen-bond acceptors (Lipinski definition) is 2. The number of fused-ring (bicyclic) bond motifs is 10. The number of hydrogen-bond donors (Lipinski definition) is 2. The predicted molar refractivity (Wildman–Crippen MR) is 173 cm³/mol. The van der Waals surface area contributed by atoms with Crippen LogP contribution in [-0.2, 0) is 0 Å². The van der Waals surface area contributed by atoms with Gasteiger partial charge < -0.3 is 19.8 Å². The second-order valence-corrected chi connectivity index (χ2v) is 11.6. The highest BCUT2D eigenvalue weighted by molar-refractivity contribution is 5.91. The molecule has 0 bridgehead atoms. The van der Waals surface area contributed by atoms with Crippen molar-refractivity contribution in [2.75, 3.05) is 10.6 Å². The van der Waals surface area contributed by atoms with Gasteiger partial charge in [0.25, 0.3) is 0 Å². The maximum atomic E-state index is 3.89. The fraction of sp³-hybridized carbons (Fsp3) is 0.105. The summed E-state index contributed by atoms with van der Waals surface area (Å²) >= 11 is 0. The first-order chi connectivity index (χ1) is 20.7. The third-order valence-electron chi connectivity index (χ3n) is 9.39. The largest absolute Gasteiger partial charge is 0.371 e. The SMILES string of the molecule is Cc1c2n(c3ccccc13)-c1ccccc1NC2c1ccc(C2Nc3ccccc3-n3c2c(C)c2ccccc23)cc1. The van der Waals surface area contributed by atoms with Crippen molar-refractivity contribution in [3.05, 3.63) is 155 Å². The zero-order valence-corrected chi connectivity index (χ0v) is 23.6. The Morgan fingerprint density at radius 3 is 1.29 bits per heavy atom. The molecule has 2 N–H and O–H groups in total. The fourth-order valence-electron chi connectivity index (χ4n) is 7.45. The molecule has 2 aromatic heterocycles. The zero-order valence-electron chi connectivity index (χ0n) is 23.6. The van der Waals surface area contributed by atoms with E-state index in [4.69, 9.17) is 0 Å². The van der Waals surface area contributed by atoms with Crippen LogP contribution in [-0.4, -0.2) is 9.13 Å². The van der Waals surface area contributed by atoms with Crippen LogP contribution in [0, 0.1) is 13.8 Å². The quantitative estimate of drug-likeness (QED) is 0.228. The number of aryl methyl sites for hydroxylation is 2. The van der Waals surface area contributed by atoms with E-state index in [0.717, 1.165) is 11.4 Å². The second-order valence-electron chi connectivity index (χ2n) is 11.6. The van der Waals surface area contributed by atoms with Crippen molar-refractivity contribution in [1.29, 1.82) is 0 Å². The van der Waals surface area contributed by atoms with E-state index in [0.29, 0.717) is 0 Å². The van der Waals surface area contributed by atoms with E-state index in [1.54, 1.807) is 0 Å². The molecule has 0 fully saturated rings. The highest BCUT2D eigenvalue weighted by Crippen LogP contribution is 2.45. The lowest BCUT2D eigenvalue weighted by atomic mass is 9.93. The topological polar surface area (TPSA) is 33.9 Å². The summed E-state index contributed by atoms with van der Waals surface area (Å²) in [5.41, 5.74) is 15.0. The Kier molecular flexibility index (Phi) is 4.83. The zero-order chi connectivity index (χ0) is 27.9. The third-order valence-corrected chi connectivity index (χ3v) is 9.39. The van der Waals surface area contributed by atoms with Gasteiger partial charge in [-0.05, 0) is 72.5 Å². The Balaban J connectivity index is 1.18. The molecule has 9 rings (SSSR count). The summed E-state index contributed by atoms with van der Waals surface area (Å²) in [6, 6.07) is 44.2. The van der Waals surface area contributed by atoms with Gasteiger partial charge in [0.05, 0.1) is 57.3 Å².